The summed E-state index contributed by atoms with van der Waals surface area (Å²) >= 11 is 1.27. The fourth-order valence-electron chi connectivity index (χ4n) is 2.99. The Kier molecular flexibility index (Phi) is 4.24. The first kappa shape index (κ1) is 16.4. The van der Waals surface area contributed by atoms with Crippen molar-refractivity contribution in [2.75, 3.05) is 6.54 Å². The van der Waals surface area contributed by atoms with Crippen LogP contribution in [0.5, 0.6) is 0 Å². The van der Waals surface area contributed by atoms with E-state index in [1.807, 2.05) is 42.5 Å². The van der Waals surface area contributed by atoms with Gasteiger partial charge in [-0.25, -0.2) is 4.98 Å². The van der Waals surface area contributed by atoms with Crippen LogP contribution in [0, 0.1) is 0 Å². The van der Waals surface area contributed by atoms with Gasteiger partial charge in [-0.2, -0.15) is 0 Å². The zero-order chi connectivity index (χ0) is 18.1. The summed E-state index contributed by atoms with van der Waals surface area (Å²) < 4.78 is 0. The molecule has 0 aliphatic heterocycles. The highest BCUT2D eigenvalue weighted by Crippen LogP contribution is 2.23. The zero-order valence-corrected chi connectivity index (χ0v) is 14.5. The summed E-state index contributed by atoms with van der Waals surface area (Å²) in [5.41, 5.74) is 6.82. The number of fused-ring (bicyclic) bond motifs is 2. The molecule has 0 bridgehead atoms. The van der Waals surface area contributed by atoms with Crippen LogP contribution >= 0.6 is 11.3 Å². The quantitative estimate of drug-likeness (QED) is 0.518. The summed E-state index contributed by atoms with van der Waals surface area (Å²) in [7, 11) is 0. The molecule has 0 radical (unpaired) electrons. The van der Waals surface area contributed by atoms with E-state index in [1.165, 1.54) is 17.7 Å². The maximum atomic E-state index is 12.7. The van der Waals surface area contributed by atoms with Crippen LogP contribution in [0.3, 0.4) is 0 Å². The molecule has 0 saturated heterocycles. The molecule has 0 aliphatic carbocycles. The van der Waals surface area contributed by atoms with Crippen LogP contribution in [-0.4, -0.2) is 22.4 Å². The van der Waals surface area contributed by atoms with Crippen LogP contribution in [-0.2, 0) is 0 Å². The number of amides is 1. The summed E-state index contributed by atoms with van der Waals surface area (Å²) in [6.07, 6.45) is 1.33. The summed E-state index contributed by atoms with van der Waals surface area (Å²) in [4.78, 5) is 31.9. The number of aromatic nitrogens is 2. The Labute approximate surface area is 152 Å². The van der Waals surface area contributed by atoms with Crippen LogP contribution in [0.2, 0.25) is 0 Å². The van der Waals surface area contributed by atoms with Crippen molar-refractivity contribution in [2.24, 2.45) is 5.73 Å². The molecule has 1 unspecified atom stereocenters. The lowest BCUT2D eigenvalue weighted by atomic mass is 10.0. The Morgan fingerprint density at radius 3 is 2.85 bits per heavy atom. The van der Waals surface area contributed by atoms with E-state index in [1.54, 1.807) is 5.38 Å². The normalized spacial score (nSPS) is 12.3. The largest absolute Gasteiger partial charge is 0.344 e. The molecule has 26 heavy (non-hydrogen) atoms. The molecule has 0 saturated carbocycles. The molecule has 2 heterocycles. The van der Waals surface area contributed by atoms with E-state index in [-0.39, 0.29) is 24.1 Å². The van der Waals surface area contributed by atoms with Gasteiger partial charge in [0.1, 0.15) is 4.83 Å². The van der Waals surface area contributed by atoms with Crippen molar-refractivity contribution >= 4 is 38.2 Å². The highest BCUT2D eigenvalue weighted by molar-refractivity contribution is 7.17. The lowest BCUT2D eigenvalue weighted by Crippen LogP contribution is -2.33. The average molecular weight is 364 g/mol. The molecule has 4 rings (SSSR count). The topological polar surface area (TPSA) is 101 Å². The molecule has 1 atom stereocenters. The van der Waals surface area contributed by atoms with Crippen LogP contribution in [0.25, 0.3) is 21.0 Å². The van der Waals surface area contributed by atoms with E-state index in [9.17, 15) is 9.59 Å². The van der Waals surface area contributed by atoms with Crippen molar-refractivity contribution in [1.29, 1.82) is 0 Å². The van der Waals surface area contributed by atoms with Gasteiger partial charge in [0.15, 0.2) is 0 Å². The second kappa shape index (κ2) is 6.70. The van der Waals surface area contributed by atoms with Crippen molar-refractivity contribution in [1.82, 2.24) is 15.3 Å². The smallest absolute Gasteiger partial charge is 0.260 e. The van der Waals surface area contributed by atoms with Gasteiger partial charge in [-0.1, -0.05) is 36.4 Å². The standard InChI is InChI=1S/C19H16N4O2S/c20-8-15(13-6-5-11-3-1-2-4-12(11)7-13)23-17(24)14-9-26-19-16(14)18(25)21-10-22-19/h1-7,9-10,15H,8,20H2,(H,23,24)(H,21,22,25). The second-order valence-electron chi connectivity index (χ2n) is 5.93. The molecule has 2 aromatic carbocycles. The molecule has 6 nitrogen and oxygen atoms in total. The molecule has 0 spiro atoms. The molecule has 2 aromatic heterocycles. The number of thiophene rings is 1. The summed E-state index contributed by atoms with van der Waals surface area (Å²) in [6.45, 7) is 0.251. The fraction of sp³-hybridized carbons (Fsp3) is 0.105. The van der Waals surface area contributed by atoms with E-state index >= 15 is 0 Å². The first-order valence-electron chi connectivity index (χ1n) is 8.12. The van der Waals surface area contributed by atoms with Crippen LogP contribution in [0.15, 0.2) is 59.0 Å². The molecule has 7 heteroatoms. The van der Waals surface area contributed by atoms with Gasteiger partial charge in [0, 0.05) is 11.9 Å². The number of hydrogen-bond donors (Lipinski definition) is 3. The third-order valence-corrected chi connectivity index (χ3v) is 5.22. The van der Waals surface area contributed by atoms with Gasteiger partial charge in [-0.15, -0.1) is 11.3 Å². The summed E-state index contributed by atoms with van der Waals surface area (Å²) in [5.74, 6) is -0.335. The molecule has 1 amide bonds. The Morgan fingerprint density at radius 1 is 1.23 bits per heavy atom. The Balaban J connectivity index is 1.66. The minimum atomic E-state index is -0.349. The Bertz CT molecular complexity index is 1160. The number of carbonyl (C=O) groups is 1. The average Bonchev–Trinajstić information content (AvgIpc) is 3.11. The molecule has 4 N–H and O–H groups in total. The van der Waals surface area contributed by atoms with Crippen LogP contribution < -0.4 is 16.6 Å². The van der Waals surface area contributed by atoms with E-state index in [2.05, 4.69) is 15.3 Å². The van der Waals surface area contributed by atoms with Gasteiger partial charge < -0.3 is 16.0 Å². The minimum Gasteiger partial charge on any atom is -0.344 e. The fourth-order valence-corrected chi connectivity index (χ4v) is 3.88. The van der Waals surface area contributed by atoms with Gasteiger partial charge in [-0.3, -0.25) is 9.59 Å². The molecule has 0 fully saturated rings. The summed E-state index contributed by atoms with van der Waals surface area (Å²) in [5, 5.41) is 7.10. The molecular formula is C19H16N4O2S. The summed E-state index contributed by atoms with van der Waals surface area (Å²) in [6, 6.07) is 13.6. The number of benzene rings is 2. The van der Waals surface area contributed by atoms with Crippen molar-refractivity contribution in [3.8, 4) is 0 Å². The van der Waals surface area contributed by atoms with E-state index in [4.69, 9.17) is 5.73 Å². The van der Waals surface area contributed by atoms with Gasteiger partial charge in [0.25, 0.3) is 11.5 Å². The monoisotopic (exact) mass is 364 g/mol. The van der Waals surface area contributed by atoms with E-state index in [0.29, 0.717) is 15.8 Å². The number of nitrogens with two attached hydrogens (primary N) is 1. The third-order valence-electron chi connectivity index (χ3n) is 4.34. The van der Waals surface area contributed by atoms with Gasteiger partial charge >= 0.3 is 0 Å². The van der Waals surface area contributed by atoms with Crippen LogP contribution in [0.1, 0.15) is 22.0 Å². The lowest BCUT2D eigenvalue weighted by molar-refractivity contribution is 0.0940. The molecule has 4 aromatic rings. The van der Waals surface area contributed by atoms with Crippen molar-refractivity contribution in [2.45, 2.75) is 6.04 Å². The number of carbonyl (C=O) groups excluding carboxylic acids is 1. The van der Waals surface area contributed by atoms with Crippen molar-refractivity contribution in [3.05, 3.63) is 75.7 Å². The lowest BCUT2D eigenvalue weighted by Gasteiger charge is -2.17. The number of H-pyrrole nitrogens is 1. The van der Waals surface area contributed by atoms with Crippen molar-refractivity contribution < 1.29 is 4.79 Å². The van der Waals surface area contributed by atoms with E-state index in [0.717, 1.165) is 16.3 Å². The predicted molar refractivity (Wildman–Crippen MR) is 103 cm³/mol. The maximum absolute atomic E-state index is 12.7. The Morgan fingerprint density at radius 2 is 2.04 bits per heavy atom. The predicted octanol–water partition coefficient (Wildman–Crippen LogP) is 2.57. The second-order valence-corrected chi connectivity index (χ2v) is 6.79. The molecule has 0 aliphatic rings. The number of rotatable bonds is 4. The number of aromatic amines is 1. The van der Waals surface area contributed by atoms with Gasteiger partial charge in [-0.05, 0) is 22.4 Å². The Hall–Kier alpha value is -3.03. The number of nitrogens with one attached hydrogen (secondary N) is 2. The maximum Gasteiger partial charge on any atom is 0.260 e. The minimum absolute atomic E-state index is 0.251. The first-order valence-corrected chi connectivity index (χ1v) is 9.00. The highest BCUT2D eigenvalue weighted by Gasteiger charge is 2.19. The molecular weight excluding hydrogens is 348 g/mol. The number of hydrogen-bond acceptors (Lipinski definition) is 5. The zero-order valence-electron chi connectivity index (χ0n) is 13.7. The SMILES string of the molecule is NCC(NC(=O)c1csc2nc[nH]c(=O)c12)c1ccc2ccccc2c1. The van der Waals surface area contributed by atoms with Crippen molar-refractivity contribution in [3.63, 3.8) is 0 Å². The number of nitrogens with zero attached hydrogens (tertiary/aromatic N) is 1. The van der Waals surface area contributed by atoms with E-state index < -0.39 is 0 Å². The van der Waals surface area contributed by atoms with Crippen LogP contribution in [0.4, 0.5) is 0 Å². The first-order chi connectivity index (χ1) is 12.7. The van der Waals surface area contributed by atoms with Gasteiger partial charge in [0.05, 0.1) is 23.3 Å². The van der Waals surface area contributed by atoms with Gasteiger partial charge in [0.2, 0.25) is 0 Å². The molecule has 130 valence electrons. The highest BCUT2D eigenvalue weighted by atomic mass is 32.1. The third kappa shape index (κ3) is 2.87.